The van der Waals surface area contributed by atoms with Crippen LogP contribution in [-0.2, 0) is 25.7 Å². The van der Waals surface area contributed by atoms with Gasteiger partial charge in [-0.3, -0.25) is 14.4 Å². The van der Waals surface area contributed by atoms with Gasteiger partial charge in [0, 0.05) is 11.3 Å². The molecule has 3 heterocycles. The van der Waals surface area contributed by atoms with Gasteiger partial charge < -0.3 is 25.4 Å². The summed E-state index contributed by atoms with van der Waals surface area (Å²) >= 11 is 0. The van der Waals surface area contributed by atoms with Gasteiger partial charge in [-0.15, -0.1) is 10.0 Å². The monoisotopic (exact) mass is 463 g/mol. The second-order valence-corrected chi connectivity index (χ2v) is 12.8. The summed E-state index contributed by atoms with van der Waals surface area (Å²) in [7, 11) is -2.62. The third kappa shape index (κ3) is 3.11. The van der Waals surface area contributed by atoms with Crippen LogP contribution < -0.4 is 5.73 Å². The van der Waals surface area contributed by atoms with Crippen LogP contribution in [0.4, 0.5) is 4.79 Å². The molecule has 3 fully saturated rings. The maximum atomic E-state index is 13.9. The number of nitrogens with zero attached hydrogens (tertiary/aromatic N) is 2. The molecular formula is C22H29N3O6S. The summed E-state index contributed by atoms with van der Waals surface area (Å²) in [5.74, 6) is -1.90. The van der Waals surface area contributed by atoms with E-state index in [1.165, 1.54) is 9.80 Å². The molecule has 0 radical (unpaired) electrons. The first kappa shape index (κ1) is 22.6. The van der Waals surface area contributed by atoms with Gasteiger partial charge in [-0.2, -0.15) is 0 Å². The van der Waals surface area contributed by atoms with Crippen LogP contribution in [-0.4, -0.2) is 72.6 Å². The number of β-lactam (4-membered cyclic amide) rings is 1. The zero-order valence-corrected chi connectivity index (χ0v) is 19.0. The molecule has 3 aliphatic rings. The number of hydrogen-bond donors (Lipinski definition) is 2. The summed E-state index contributed by atoms with van der Waals surface area (Å²) < 4.78 is 4.50. The summed E-state index contributed by atoms with van der Waals surface area (Å²) in [6.45, 7) is 3.89. The van der Waals surface area contributed by atoms with Crippen molar-refractivity contribution < 1.29 is 29.0 Å². The average molecular weight is 464 g/mol. The first-order valence-electron chi connectivity index (χ1n) is 10.7. The second-order valence-electron chi connectivity index (χ2n) is 9.00. The fraction of sp³-hybridized carbons (Fsp3) is 0.545. The number of likely N-dealkylation sites (tertiary alicyclic amines) is 1. The predicted octanol–water partition coefficient (Wildman–Crippen LogP) is 1.27. The number of aliphatic hydroxyl groups excluding tert-OH is 1. The van der Waals surface area contributed by atoms with E-state index in [0.29, 0.717) is 19.4 Å². The molecule has 3 N–H and O–H groups in total. The number of amides is 3. The van der Waals surface area contributed by atoms with E-state index in [-0.39, 0.29) is 24.2 Å². The van der Waals surface area contributed by atoms with Crippen LogP contribution in [0.5, 0.6) is 0 Å². The number of rotatable bonds is 5. The number of fused-ring (bicyclic) bond motifs is 1. The van der Waals surface area contributed by atoms with E-state index in [9.17, 15) is 24.3 Å². The maximum Gasteiger partial charge on any atom is 0.330 e. The molecule has 0 spiro atoms. The minimum Gasteiger partial charge on any atom is -0.459 e. The van der Waals surface area contributed by atoms with Gasteiger partial charge in [0.05, 0.1) is 17.7 Å². The molecule has 1 aromatic carbocycles. The smallest absolute Gasteiger partial charge is 0.330 e. The van der Waals surface area contributed by atoms with Crippen molar-refractivity contribution in [2.24, 2.45) is 5.73 Å². The zero-order chi connectivity index (χ0) is 23.3. The lowest BCUT2D eigenvalue weighted by Crippen LogP contribution is -2.57. The molecule has 0 unspecified atom stereocenters. The standard InChI is InChI=1S/C22H29N3O6S/c1-22(2)18(20(29)31-12-14-7-4-3-5-8-14)25-16(27)11-17(25)32(22,13-26)21(30)24-10-6-9-15(24)19(23)28/h3-5,7-8,15,17-18,26H,6,9-13H2,1-2H3,(H2,23,28)/t15-,17+,18-/m0/s1. The van der Waals surface area contributed by atoms with E-state index in [4.69, 9.17) is 10.5 Å². The average Bonchev–Trinajstić information content (AvgIpc) is 3.31. The lowest BCUT2D eigenvalue weighted by molar-refractivity contribution is -0.162. The normalized spacial score (nSPS) is 30.6. The molecule has 0 aromatic heterocycles. The van der Waals surface area contributed by atoms with E-state index in [0.717, 1.165) is 5.56 Å². The van der Waals surface area contributed by atoms with Crippen molar-refractivity contribution in [3.8, 4) is 0 Å². The molecule has 4 atom stereocenters. The van der Waals surface area contributed by atoms with Crippen LogP contribution >= 0.6 is 10.0 Å². The first-order chi connectivity index (χ1) is 15.2. The van der Waals surface area contributed by atoms with Crippen LogP contribution in [0.15, 0.2) is 30.3 Å². The summed E-state index contributed by atoms with van der Waals surface area (Å²) in [6.07, 6.45) is 1.19. The Kier molecular flexibility index (Phi) is 5.70. The Balaban J connectivity index is 1.65. The number of primary amides is 1. The fourth-order valence-corrected chi connectivity index (χ4v) is 9.58. The van der Waals surface area contributed by atoms with Crippen molar-refractivity contribution in [2.45, 2.75) is 61.9 Å². The number of ether oxygens (including phenoxy) is 1. The van der Waals surface area contributed by atoms with Crippen molar-refractivity contribution in [3.63, 3.8) is 0 Å². The summed E-state index contributed by atoms with van der Waals surface area (Å²) in [6, 6.07) is 7.46. The Labute approximate surface area is 188 Å². The van der Waals surface area contributed by atoms with Gasteiger partial charge in [0.25, 0.3) is 5.24 Å². The zero-order valence-electron chi connectivity index (χ0n) is 18.2. The maximum absolute atomic E-state index is 13.9. The highest BCUT2D eigenvalue weighted by Crippen LogP contribution is 2.74. The van der Waals surface area contributed by atoms with Crippen LogP contribution in [0.1, 0.15) is 38.7 Å². The Morgan fingerprint density at radius 1 is 1.25 bits per heavy atom. The highest BCUT2D eigenvalue weighted by molar-refractivity contribution is 8.46. The van der Waals surface area contributed by atoms with Crippen molar-refractivity contribution in [2.75, 3.05) is 12.5 Å². The van der Waals surface area contributed by atoms with Gasteiger partial charge >= 0.3 is 5.97 Å². The van der Waals surface area contributed by atoms with Gasteiger partial charge in [-0.1, -0.05) is 30.3 Å². The number of aliphatic hydroxyl groups is 1. The van der Waals surface area contributed by atoms with Gasteiger partial charge in [0.2, 0.25) is 11.8 Å². The SMILES string of the molecule is CC1(C)[C@H](C(=O)OCc2ccccc2)N2C(=O)C[C@H]2[S@@]1(CO)C(=O)N1CCC[C@H]1C(N)=O. The van der Waals surface area contributed by atoms with E-state index in [1.54, 1.807) is 13.8 Å². The predicted molar refractivity (Wildman–Crippen MR) is 118 cm³/mol. The van der Waals surface area contributed by atoms with Crippen LogP contribution in [0.25, 0.3) is 0 Å². The minimum absolute atomic E-state index is 0.0459. The molecule has 3 aliphatic heterocycles. The van der Waals surface area contributed by atoms with Gasteiger partial charge in [0.1, 0.15) is 18.7 Å². The topological polar surface area (TPSA) is 130 Å². The third-order valence-corrected chi connectivity index (χ3v) is 11.8. The van der Waals surface area contributed by atoms with E-state index >= 15 is 0 Å². The van der Waals surface area contributed by atoms with Crippen molar-refractivity contribution in [3.05, 3.63) is 35.9 Å². The Hall–Kier alpha value is -2.59. The molecule has 32 heavy (non-hydrogen) atoms. The first-order valence-corrected chi connectivity index (χ1v) is 12.6. The molecule has 0 aliphatic carbocycles. The van der Waals surface area contributed by atoms with Crippen LogP contribution in [0.2, 0.25) is 0 Å². The molecule has 0 saturated carbocycles. The van der Waals surface area contributed by atoms with Gasteiger partial charge in [-0.05, 0) is 32.3 Å². The quantitative estimate of drug-likeness (QED) is 0.500. The molecule has 9 nitrogen and oxygen atoms in total. The second kappa shape index (κ2) is 8.08. The fourth-order valence-electron chi connectivity index (χ4n) is 5.28. The molecule has 174 valence electrons. The number of benzene rings is 1. The third-order valence-electron chi connectivity index (χ3n) is 7.07. The molecule has 0 bridgehead atoms. The van der Waals surface area contributed by atoms with Crippen molar-refractivity contribution in [1.82, 2.24) is 9.80 Å². The molecule has 3 amide bonds. The van der Waals surface area contributed by atoms with E-state index in [2.05, 4.69) is 0 Å². The van der Waals surface area contributed by atoms with Crippen LogP contribution in [0, 0.1) is 0 Å². The largest absolute Gasteiger partial charge is 0.459 e. The number of hydrogen-bond acceptors (Lipinski definition) is 6. The Morgan fingerprint density at radius 2 is 1.94 bits per heavy atom. The lowest BCUT2D eigenvalue weighted by Gasteiger charge is -2.51. The number of esters is 1. The number of nitrogens with two attached hydrogens (primary N) is 1. The highest BCUT2D eigenvalue weighted by Gasteiger charge is 2.72. The van der Waals surface area contributed by atoms with Crippen molar-refractivity contribution in [1.29, 1.82) is 0 Å². The molecule has 1 aromatic rings. The van der Waals surface area contributed by atoms with E-state index in [1.807, 2.05) is 30.3 Å². The summed E-state index contributed by atoms with van der Waals surface area (Å²) in [4.78, 5) is 54.4. The van der Waals surface area contributed by atoms with Crippen molar-refractivity contribution >= 4 is 33.1 Å². The minimum atomic E-state index is -2.62. The number of carbonyl (C=O) groups is 4. The van der Waals surface area contributed by atoms with Gasteiger partial charge in [0.15, 0.2) is 0 Å². The summed E-state index contributed by atoms with van der Waals surface area (Å²) in [5.41, 5.74) is 6.33. The molecule has 3 saturated heterocycles. The molecule has 4 rings (SSSR count). The molecular weight excluding hydrogens is 434 g/mol. The number of carbonyl (C=O) groups excluding carboxylic acids is 4. The van der Waals surface area contributed by atoms with E-state index < -0.39 is 50.0 Å². The molecule has 10 heteroatoms. The van der Waals surface area contributed by atoms with Crippen LogP contribution in [0.3, 0.4) is 0 Å². The Morgan fingerprint density at radius 3 is 2.53 bits per heavy atom. The lowest BCUT2D eigenvalue weighted by atomic mass is 9.98. The highest BCUT2D eigenvalue weighted by atomic mass is 32.3. The Bertz CT molecular complexity index is 954. The van der Waals surface area contributed by atoms with Gasteiger partial charge in [-0.25, -0.2) is 4.79 Å². The summed E-state index contributed by atoms with van der Waals surface area (Å²) in [5, 5.41) is 9.69.